The van der Waals surface area contributed by atoms with Crippen LogP contribution in [0.4, 0.5) is 4.79 Å². The van der Waals surface area contributed by atoms with Crippen LogP contribution in [0.2, 0.25) is 0 Å². The predicted octanol–water partition coefficient (Wildman–Crippen LogP) is 2.20. The molecule has 1 amide bonds. The average molecular weight is 269 g/mol. The first-order valence-corrected chi connectivity index (χ1v) is 6.86. The molecular weight excluding hydrogens is 246 g/mol. The Morgan fingerprint density at radius 1 is 1.26 bits per heavy atom. The van der Waals surface area contributed by atoms with Crippen LogP contribution in [0.15, 0.2) is 0 Å². The number of hydrogen-bond acceptors (Lipinski definition) is 4. The fraction of sp³-hybridized carbons (Fsp3) is 0.857. The standard InChI is InChI=1S/C14H23NO4/c1-14(2,3)19-13(17)15-8-10-6-11(15)5-9(10)7-12(16)18-4/h9-11H,5-8H2,1-4H3. The summed E-state index contributed by atoms with van der Waals surface area (Å²) in [5, 5.41) is 0. The summed E-state index contributed by atoms with van der Waals surface area (Å²) in [6, 6.07) is 0.231. The number of amides is 1. The van der Waals surface area contributed by atoms with Gasteiger partial charge in [-0.05, 0) is 45.4 Å². The predicted molar refractivity (Wildman–Crippen MR) is 69.6 cm³/mol. The zero-order valence-corrected chi connectivity index (χ0v) is 12.1. The minimum atomic E-state index is -0.454. The molecule has 1 saturated heterocycles. The Balaban J connectivity index is 1.89. The number of ether oxygens (including phenoxy) is 2. The first-order valence-electron chi connectivity index (χ1n) is 6.86. The number of carbonyl (C=O) groups is 2. The van der Waals surface area contributed by atoms with Gasteiger partial charge < -0.3 is 14.4 Å². The Morgan fingerprint density at radius 3 is 2.42 bits per heavy atom. The molecule has 5 nitrogen and oxygen atoms in total. The van der Waals surface area contributed by atoms with Crippen molar-refractivity contribution >= 4 is 12.1 Å². The fourth-order valence-electron chi connectivity index (χ4n) is 3.15. The molecule has 2 bridgehead atoms. The molecule has 0 spiro atoms. The molecule has 0 aromatic rings. The third-order valence-corrected chi connectivity index (χ3v) is 3.97. The zero-order valence-electron chi connectivity index (χ0n) is 12.1. The maximum atomic E-state index is 12.0. The zero-order chi connectivity index (χ0) is 14.2. The summed E-state index contributed by atoms with van der Waals surface area (Å²) in [6.45, 7) is 6.33. The monoisotopic (exact) mass is 269 g/mol. The van der Waals surface area contributed by atoms with Crippen LogP contribution in [-0.4, -0.2) is 42.3 Å². The van der Waals surface area contributed by atoms with Gasteiger partial charge in [0.25, 0.3) is 0 Å². The van der Waals surface area contributed by atoms with Gasteiger partial charge in [0, 0.05) is 19.0 Å². The molecular formula is C14H23NO4. The van der Waals surface area contributed by atoms with Gasteiger partial charge >= 0.3 is 12.1 Å². The lowest BCUT2D eigenvalue weighted by Gasteiger charge is -2.32. The van der Waals surface area contributed by atoms with Crippen molar-refractivity contribution in [3.05, 3.63) is 0 Å². The van der Waals surface area contributed by atoms with Gasteiger partial charge in [-0.25, -0.2) is 4.79 Å². The second kappa shape index (κ2) is 5.02. The molecule has 2 rings (SSSR count). The molecule has 108 valence electrons. The number of likely N-dealkylation sites (tertiary alicyclic amines) is 1. The Kier molecular flexibility index (Phi) is 3.74. The first kappa shape index (κ1) is 14.2. The molecule has 0 aromatic carbocycles. The van der Waals surface area contributed by atoms with Crippen LogP contribution < -0.4 is 0 Å². The van der Waals surface area contributed by atoms with E-state index in [1.807, 2.05) is 25.7 Å². The molecule has 1 saturated carbocycles. The van der Waals surface area contributed by atoms with Gasteiger partial charge in [0.2, 0.25) is 0 Å². The van der Waals surface area contributed by atoms with Crippen LogP contribution in [0.1, 0.15) is 40.0 Å². The summed E-state index contributed by atoms with van der Waals surface area (Å²) in [7, 11) is 1.42. The highest BCUT2D eigenvalue weighted by molar-refractivity contribution is 5.71. The van der Waals surface area contributed by atoms with Crippen molar-refractivity contribution < 1.29 is 19.1 Å². The second-order valence-electron chi connectivity index (χ2n) is 6.56. The third-order valence-electron chi connectivity index (χ3n) is 3.97. The van der Waals surface area contributed by atoms with Crippen molar-refractivity contribution in [1.29, 1.82) is 0 Å². The summed E-state index contributed by atoms with van der Waals surface area (Å²) >= 11 is 0. The van der Waals surface area contributed by atoms with Crippen molar-refractivity contribution in [3.63, 3.8) is 0 Å². The number of piperidine rings is 1. The van der Waals surface area contributed by atoms with E-state index in [2.05, 4.69) is 0 Å². The molecule has 0 radical (unpaired) electrons. The van der Waals surface area contributed by atoms with Crippen molar-refractivity contribution in [1.82, 2.24) is 4.90 Å². The Hall–Kier alpha value is -1.26. The van der Waals surface area contributed by atoms with Crippen LogP contribution in [0.25, 0.3) is 0 Å². The molecule has 2 fully saturated rings. The number of nitrogens with zero attached hydrogens (tertiary/aromatic N) is 1. The van der Waals surface area contributed by atoms with E-state index in [9.17, 15) is 9.59 Å². The van der Waals surface area contributed by atoms with Gasteiger partial charge in [-0.1, -0.05) is 0 Å². The van der Waals surface area contributed by atoms with Crippen molar-refractivity contribution in [3.8, 4) is 0 Å². The minimum Gasteiger partial charge on any atom is -0.469 e. The lowest BCUT2D eigenvalue weighted by molar-refractivity contribution is -0.142. The number of esters is 1. The SMILES string of the molecule is COC(=O)CC1CC2CC1CN2C(=O)OC(C)(C)C. The van der Waals surface area contributed by atoms with E-state index in [1.165, 1.54) is 7.11 Å². The van der Waals surface area contributed by atoms with Crippen LogP contribution in [0.3, 0.4) is 0 Å². The maximum Gasteiger partial charge on any atom is 0.410 e. The highest BCUT2D eigenvalue weighted by Crippen LogP contribution is 2.44. The first-order chi connectivity index (χ1) is 8.80. The number of carbonyl (C=O) groups excluding carboxylic acids is 2. The van der Waals surface area contributed by atoms with Gasteiger partial charge in [-0.3, -0.25) is 4.79 Å². The molecule has 1 heterocycles. The van der Waals surface area contributed by atoms with Gasteiger partial charge in [-0.2, -0.15) is 0 Å². The molecule has 2 aliphatic rings. The quantitative estimate of drug-likeness (QED) is 0.721. The molecule has 19 heavy (non-hydrogen) atoms. The smallest absolute Gasteiger partial charge is 0.410 e. The van der Waals surface area contributed by atoms with Gasteiger partial charge in [-0.15, -0.1) is 0 Å². The van der Waals surface area contributed by atoms with Crippen molar-refractivity contribution in [2.75, 3.05) is 13.7 Å². The highest BCUT2D eigenvalue weighted by atomic mass is 16.6. The molecule has 1 aliphatic heterocycles. The largest absolute Gasteiger partial charge is 0.469 e. The number of fused-ring (bicyclic) bond motifs is 2. The Labute approximate surface area is 114 Å². The third kappa shape index (κ3) is 3.19. The van der Waals surface area contributed by atoms with Crippen LogP contribution in [0.5, 0.6) is 0 Å². The number of methoxy groups -OCH3 is 1. The minimum absolute atomic E-state index is 0.152. The van der Waals surface area contributed by atoms with Crippen molar-refractivity contribution in [2.24, 2.45) is 11.8 Å². The molecule has 0 N–H and O–H groups in total. The molecule has 3 unspecified atom stereocenters. The van der Waals surface area contributed by atoms with Gasteiger partial charge in [0.1, 0.15) is 5.60 Å². The Morgan fingerprint density at radius 2 is 1.95 bits per heavy atom. The summed E-state index contributed by atoms with van der Waals surface area (Å²) in [4.78, 5) is 25.2. The summed E-state index contributed by atoms with van der Waals surface area (Å²) in [6.07, 6.45) is 2.12. The normalized spacial score (nSPS) is 29.5. The number of hydrogen-bond donors (Lipinski definition) is 0. The van der Waals surface area contributed by atoms with E-state index < -0.39 is 5.60 Å². The van der Waals surface area contributed by atoms with E-state index in [0.29, 0.717) is 24.8 Å². The van der Waals surface area contributed by atoms with Gasteiger partial charge in [0.05, 0.1) is 7.11 Å². The van der Waals surface area contributed by atoms with E-state index in [4.69, 9.17) is 9.47 Å². The molecule has 3 atom stereocenters. The van der Waals surface area contributed by atoms with E-state index >= 15 is 0 Å². The fourth-order valence-corrected chi connectivity index (χ4v) is 3.15. The lowest BCUT2D eigenvalue weighted by atomic mass is 9.91. The summed E-state index contributed by atoms with van der Waals surface area (Å²) in [5.41, 5.74) is -0.454. The number of rotatable bonds is 2. The van der Waals surface area contributed by atoms with E-state index in [-0.39, 0.29) is 18.1 Å². The lowest BCUT2D eigenvalue weighted by Crippen LogP contribution is -2.43. The van der Waals surface area contributed by atoms with Crippen molar-refractivity contribution in [2.45, 2.75) is 51.7 Å². The summed E-state index contributed by atoms with van der Waals surface area (Å²) in [5.74, 6) is 0.620. The second-order valence-corrected chi connectivity index (χ2v) is 6.56. The topological polar surface area (TPSA) is 55.8 Å². The van der Waals surface area contributed by atoms with E-state index in [1.54, 1.807) is 0 Å². The van der Waals surface area contributed by atoms with E-state index in [0.717, 1.165) is 12.8 Å². The summed E-state index contributed by atoms with van der Waals surface area (Å²) < 4.78 is 10.1. The Bertz CT molecular complexity index is 374. The highest BCUT2D eigenvalue weighted by Gasteiger charge is 2.47. The van der Waals surface area contributed by atoms with Crippen LogP contribution in [-0.2, 0) is 14.3 Å². The van der Waals surface area contributed by atoms with Crippen LogP contribution >= 0.6 is 0 Å². The maximum absolute atomic E-state index is 12.0. The van der Waals surface area contributed by atoms with Gasteiger partial charge in [0.15, 0.2) is 0 Å². The molecule has 5 heteroatoms. The molecule has 0 aromatic heterocycles. The average Bonchev–Trinajstić information content (AvgIpc) is 2.85. The van der Waals surface area contributed by atoms with Crippen LogP contribution in [0, 0.1) is 11.8 Å². The molecule has 1 aliphatic carbocycles.